The Kier molecular flexibility index (Phi) is 4.82. The van der Waals surface area contributed by atoms with E-state index in [1.54, 1.807) is 12.1 Å². The lowest BCUT2D eigenvalue weighted by Gasteiger charge is -2.30. The second-order valence-corrected chi connectivity index (χ2v) is 6.57. The van der Waals surface area contributed by atoms with Crippen LogP contribution in [-0.4, -0.2) is 38.7 Å². The van der Waals surface area contributed by atoms with Crippen molar-refractivity contribution in [3.63, 3.8) is 0 Å². The summed E-state index contributed by atoms with van der Waals surface area (Å²) in [5.41, 5.74) is 1.21. The largest absolute Gasteiger partial charge is 0.496 e. The molecule has 1 heterocycles. The topological polar surface area (TPSA) is 84.9 Å². The number of imide groups is 1. The smallest absolute Gasteiger partial charge is 0.341 e. The molecule has 1 aliphatic rings. The number of carbonyl (C=O) groups is 3. The van der Waals surface area contributed by atoms with Gasteiger partial charge in [0.15, 0.2) is 0 Å². The van der Waals surface area contributed by atoms with Gasteiger partial charge >= 0.3 is 12.0 Å². The van der Waals surface area contributed by atoms with Crippen molar-refractivity contribution in [2.75, 3.05) is 25.7 Å². The monoisotopic (exact) mass is 334 g/mol. The zero-order valence-electron chi connectivity index (χ0n) is 14.6. The first-order valence-electron chi connectivity index (χ1n) is 7.61. The van der Waals surface area contributed by atoms with Gasteiger partial charge in [-0.3, -0.25) is 15.0 Å². The Balaban J connectivity index is 2.63. The molecule has 0 unspecified atom stereocenters. The Labute approximate surface area is 140 Å². The molecule has 0 spiro atoms. The summed E-state index contributed by atoms with van der Waals surface area (Å²) < 4.78 is 10.3. The van der Waals surface area contributed by atoms with Crippen LogP contribution >= 0.6 is 0 Å². The standard InChI is InChI=1S/C17H22N2O5/c1-17(2,3)12-9-10(19-7-6-13(20)18-16(19)22)8-11(14(12)23-4)15(21)24-5/h8-9H,6-7H2,1-5H3,(H,18,20,22). The number of hydrogen-bond donors (Lipinski definition) is 1. The Hall–Kier alpha value is -2.57. The van der Waals surface area contributed by atoms with Crippen LogP contribution in [0, 0.1) is 0 Å². The van der Waals surface area contributed by atoms with Gasteiger partial charge in [-0.1, -0.05) is 20.8 Å². The van der Waals surface area contributed by atoms with Crippen LogP contribution in [0.15, 0.2) is 12.1 Å². The van der Waals surface area contributed by atoms with Crippen LogP contribution in [0.5, 0.6) is 5.75 Å². The van der Waals surface area contributed by atoms with Crippen LogP contribution in [0.4, 0.5) is 10.5 Å². The molecule has 1 saturated heterocycles. The Morgan fingerprint density at radius 1 is 1.21 bits per heavy atom. The first kappa shape index (κ1) is 17.8. The van der Waals surface area contributed by atoms with Crippen molar-refractivity contribution in [3.05, 3.63) is 23.3 Å². The molecule has 130 valence electrons. The molecule has 0 saturated carbocycles. The van der Waals surface area contributed by atoms with Crippen molar-refractivity contribution in [3.8, 4) is 5.75 Å². The molecule has 3 amide bonds. The molecule has 0 bridgehead atoms. The minimum atomic E-state index is -0.548. The summed E-state index contributed by atoms with van der Waals surface area (Å²) in [7, 11) is 2.78. The number of methoxy groups -OCH3 is 2. The van der Waals surface area contributed by atoms with E-state index in [1.165, 1.54) is 19.1 Å². The molecule has 7 nitrogen and oxygen atoms in total. The van der Waals surface area contributed by atoms with Crippen molar-refractivity contribution < 1.29 is 23.9 Å². The lowest BCUT2D eigenvalue weighted by Crippen LogP contribution is -2.49. The van der Waals surface area contributed by atoms with Gasteiger partial charge in [0.2, 0.25) is 5.91 Å². The SMILES string of the molecule is COC(=O)c1cc(N2CCC(=O)NC2=O)cc(C(C)(C)C)c1OC. The van der Waals surface area contributed by atoms with Crippen LogP contribution in [0.25, 0.3) is 0 Å². The number of ether oxygens (including phenoxy) is 2. The van der Waals surface area contributed by atoms with Gasteiger partial charge in [0, 0.05) is 24.2 Å². The molecule has 1 aromatic carbocycles. The predicted octanol–water partition coefficient (Wildman–Crippen LogP) is 2.23. The molecule has 0 aliphatic carbocycles. The van der Waals surface area contributed by atoms with Gasteiger partial charge in [0.25, 0.3) is 0 Å². The molecule has 24 heavy (non-hydrogen) atoms. The number of amides is 3. The molecule has 1 N–H and O–H groups in total. The fourth-order valence-corrected chi connectivity index (χ4v) is 2.62. The second-order valence-electron chi connectivity index (χ2n) is 6.57. The number of hydrogen-bond acceptors (Lipinski definition) is 5. The average Bonchev–Trinajstić information content (AvgIpc) is 2.52. The van der Waals surface area contributed by atoms with Gasteiger partial charge in [0.1, 0.15) is 11.3 Å². The highest BCUT2D eigenvalue weighted by molar-refractivity contribution is 6.06. The highest BCUT2D eigenvalue weighted by Gasteiger charge is 2.30. The Morgan fingerprint density at radius 3 is 2.38 bits per heavy atom. The molecule has 1 aromatic rings. The van der Waals surface area contributed by atoms with Gasteiger partial charge in [-0.25, -0.2) is 9.59 Å². The van der Waals surface area contributed by atoms with Gasteiger partial charge < -0.3 is 9.47 Å². The number of benzene rings is 1. The van der Waals surface area contributed by atoms with E-state index in [0.29, 0.717) is 11.4 Å². The summed E-state index contributed by atoms with van der Waals surface area (Å²) >= 11 is 0. The molecule has 2 rings (SSSR count). The minimum absolute atomic E-state index is 0.205. The van der Waals surface area contributed by atoms with E-state index in [1.807, 2.05) is 20.8 Å². The third-order valence-electron chi connectivity index (χ3n) is 3.86. The van der Waals surface area contributed by atoms with Crippen LogP contribution < -0.4 is 15.0 Å². The lowest BCUT2D eigenvalue weighted by atomic mass is 9.84. The maximum atomic E-state index is 12.2. The number of nitrogens with zero attached hydrogens (tertiary/aromatic N) is 1. The van der Waals surface area contributed by atoms with Crippen molar-refractivity contribution in [1.82, 2.24) is 5.32 Å². The van der Waals surface area contributed by atoms with E-state index in [-0.39, 0.29) is 29.9 Å². The molecular formula is C17H22N2O5. The fraction of sp³-hybridized carbons (Fsp3) is 0.471. The first-order chi connectivity index (χ1) is 11.2. The molecule has 1 fully saturated rings. The predicted molar refractivity (Wildman–Crippen MR) is 88.5 cm³/mol. The van der Waals surface area contributed by atoms with E-state index in [0.717, 1.165) is 5.56 Å². The van der Waals surface area contributed by atoms with Crippen molar-refractivity contribution >= 4 is 23.6 Å². The zero-order valence-corrected chi connectivity index (χ0v) is 14.6. The van der Waals surface area contributed by atoms with Crippen molar-refractivity contribution in [1.29, 1.82) is 0 Å². The maximum absolute atomic E-state index is 12.2. The fourth-order valence-electron chi connectivity index (χ4n) is 2.62. The molecule has 1 aliphatic heterocycles. The maximum Gasteiger partial charge on any atom is 0.341 e. The highest BCUT2D eigenvalue weighted by Crippen LogP contribution is 2.38. The third-order valence-corrected chi connectivity index (χ3v) is 3.86. The summed E-state index contributed by atoms with van der Waals surface area (Å²) in [6, 6.07) is 2.85. The number of carbonyl (C=O) groups excluding carboxylic acids is 3. The molecule has 0 radical (unpaired) electrons. The molecule has 0 atom stereocenters. The van der Waals surface area contributed by atoms with E-state index < -0.39 is 12.0 Å². The quantitative estimate of drug-likeness (QED) is 0.857. The summed E-state index contributed by atoms with van der Waals surface area (Å²) in [4.78, 5) is 37.1. The second kappa shape index (κ2) is 6.51. The van der Waals surface area contributed by atoms with Gasteiger partial charge in [-0.15, -0.1) is 0 Å². The van der Waals surface area contributed by atoms with Crippen molar-refractivity contribution in [2.24, 2.45) is 0 Å². The van der Waals surface area contributed by atoms with Crippen LogP contribution in [0.2, 0.25) is 0 Å². The number of esters is 1. The number of anilines is 1. The van der Waals surface area contributed by atoms with Gasteiger partial charge in [-0.05, 0) is 17.5 Å². The van der Waals surface area contributed by atoms with Gasteiger partial charge in [0.05, 0.1) is 14.2 Å². The van der Waals surface area contributed by atoms with E-state index in [4.69, 9.17) is 9.47 Å². The van der Waals surface area contributed by atoms with E-state index >= 15 is 0 Å². The van der Waals surface area contributed by atoms with Crippen LogP contribution in [-0.2, 0) is 14.9 Å². The Bertz CT molecular complexity index is 691. The highest BCUT2D eigenvalue weighted by atomic mass is 16.5. The zero-order chi connectivity index (χ0) is 18.1. The molecule has 7 heteroatoms. The first-order valence-corrected chi connectivity index (χ1v) is 7.61. The molecular weight excluding hydrogens is 312 g/mol. The minimum Gasteiger partial charge on any atom is -0.496 e. The van der Waals surface area contributed by atoms with Gasteiger partial charge in [-0.2, -0.15) is 0 Å². The number of rotatable bonds is 3. The average molecular weight is 334 g/mol. The van der Waals surface area contributed by atoms with E-state index in [2.05, 4.69) is 5.32 Å². The summed E-state index contributed by atoms with van der Waals surface area (Å²) in [5, 5.41) is 2.28. The number of urea groups is 1. The molecule has 0 aromatic heterocycles. The number of nitrogens with one attached hydrogen (secondary N) is 1. The third kappa shape index (κ3) is 3.34. The summed E-state index contributed by atoms with van der Waals surface area (Å²) in [6.45, 7) is 6.20. The summed E-state index contributed by atoms with van der Waals surface area (Å²) in [5.74, 6) is -0.437. The van der Waals surface area contributed by atoms with Crippen LogP contribution in [0.1, 0.15) is 43.1 Å². The van der Waals surface area contributed by atoms with Crippen molar-refractivity contribution in [2.45, 2.75) is 32.6 Å². The normalized spacial score (nSPS) is 15.1. The Morgan fingerprint density at radius 2 is 1.88 bits per heavy atom. The summed E-state index contributed by atoms with van der Waals surface area (Å²) in [6.07, 6.45) is 0.205. The van der Waals surface area contributed by atoms with Crippen LogP contribution in [0.3, 0.4) is 0 Å². The lowest BCUT2D eigenvalue weighted by molar-refractivity contribution is -0.120. The van der Waals surface area contributed by atoms with E-state index in [9.17, 15) is 14.4 Å².